The molecular formula is C21H28N4O2S. The molecule has 0 bridgehead atoms. The number of piperidine rings is 1. The molecule has 0 radical (unpaired) electrons. The van der Waals surface area contributed by atoms with Gasteiger partial charge in [-0.1, -0.05) is 43.2 Å². The van der Waals surface area contributed by atoms with Gasteiger partial charge in [-0.05, 0) is 36.8 Å². The lowest BCUT2D eigenvalue weighted by Gasteiger charge is -2.41. The van der Waals surface area contributed by atoms with Crippen molar-refractivity contribution in [3.63, 3.8) is 0 Å². The van der Waals surface area contributed by atoms with Crippen LogP contribution < -0.4 is 4.74 Å². The molecule has 4 rings (SSSR count). The van der Waals surface area contributed by atoms with Crippen molar-refractivity contribution in [2.24, 2.45) is 18.9 Å². The number of carbonyl (C=O) groups excluding carboxylic acids is 1. The van der Waals surface area contributed by atoms with E-state index in [-0.39, 0.29) is 5.91 Å². The van der Waals surface area contributed by atoms with Crippen LogP contribution in [0, 0.1) is 11.8 Å². The summed E-state index contributed by atoms with van der Waals surface area (Å²) in [5, 5.41) is 9.38. The molecule has 28 heavy (non-hydrogen) atoms. The Morgan fingerprint density at radius 3 is 2.79 bits per heavy atom. The molecule has 2 atom stereocenters. The molecule has 2 aliphatic rings. The highest BCUT2D eigenvalue weighted by Gasteiger charge is 2.32. The molecule has 0 spiro atoms. The average molecular weight is 401 g/mol. The van der Waals surface area contributed by atoms with Gasteiger partial charge < -0.3 is 14.2 Å². The van der Waals surface area contributed by atoms with E-state index in [4.69, 9.17) is 4.74 Å². The lowest BCUT2D eigenvalue weighted by molar-refractivity contribution is -0.131. The zero-order chi connectivity index (χ0) is 19.5. The van der Waals surface area contributed by atoms with Gasteiger partial charge in [-0.25, -0.2) is 0 Å². The van der Waals surface area contributed by atoms with Crippen LogP contribution in [0.4, 0.5) is 0 Å². The number of thioether (sulfide) groups is 1. The van der Waals surface area contributed by atoms with E-state index < -0.39 is 0 Å². The van der Waals surface area contributed by atoms with Crippen molar-refractivity contribution in [2.45, 2.75) is 37.3 Å². The quantitative estimate of drug-likeness (QED) is 0.718. The molecule has 2 heterocycles. The highest BCUT2D eigenvalue weighted by molar-refractivity contribution is 7.99. The fourth-order valence-electron chi connectivity index (χ4n) is 4.55. The summed E-state index contributed by atoms with van der Waals surface area (Å²) in [4.78, 5) is 14.8. The van der Waals surface area contributed by atoms with Crippen LogP contribution in [0.3, 0.4) is 0 Å². The first-order valence-corrected chi connectivity index (χ1v) is 11.1. The molecule has 0 N–H and O–H groups in total. The molecule has 1 aromatic heterocycles. The molecule has 1 aromatic carbocycles. The number of amides is 1. The Labute approximate surface area is 170 Å². The van der Waals surface area contributed by atoms with Crippen molar-refractivity contribution >= 4 is 17.7 Å². The maximum atomic E-state index is 12.8. The number of methoxy groups -OCH3 is 1. The van der Waals surface area contributed by atoms with Gasteiger partial charge in [0, 0.05) is 20.1 Å². The van der Waals surface area contributed by atoms with Gasteiger partial charge in [0.1, 0.15) is 5.75 Å². The van der Waals surface area contributed by atoms with Gasteiger partial charge in [-0.3, -0.25) is 4.79 Å². The number of carbonyl (C=O) groups is 1. The Bertz CT molecular complexity index is 838. The lowest BCUT2D eigenvalue weighted by Crippen LogP contribution is -2.45. The van der Waals surface area contributed by atoms with E-state index in [2.05, 4.69) is 15.1 Å². The Morgan fingerprint density at radius 1 is 1.18 bits per heavy atom. The number of likely N-dealkylation sites (tertiary alicyclic amines) is 1. The summed E-state index contributed by atoms with van der Waals surface area (Å²) in [6.45, 7) is 1.85. The summed E-state index contributed by atoms with van der Waals surface area (Å²) in [6, 6.07) is 7.77. The second-order valence-electron chi connectivity index (χ2n) is 7.79. The minimum atomic E-state index is 0.218. The molecule has 1 aliphatic heterocycles. The standard InChI is InChI=1S/C21H28N4O2S/c1-24-20(17-9-5-6-10-18(17)27-2)22-23-21(24)28-14-19(26)25-12-11-15-7-3-4-8-16(15)13-25/h5-6,9-10,15-16H,3-4,7-8,11-14H2,1-2H3/t15-,16+/m0/s1. The van der Waals surface area contributed by atoms with Crippen LogP contribution in [-0.2, 0) is 11.8 Å². The second-order valence-corrected chi connectivity index (χ2v) is 8.73. The van der Waals surface area contributed by atoms with E-state index in [0.717, 1.165) is 41.3 Å². The Kier molecular flexibility index (Phi) is 5.90. The Balaban J connectivity index is 1.39. The number of para-hydroxylation sites is 1. The summed E-state index contributed by atoms with van der Waals surface area (Å²) in [5.41, 5.74) is 0.901. The normalized spacial score (nSPS) is 22.0. The predicted octanol–water partition coefficient (Wildman–Crippen LogP) is 3.62. The van der Waals surface area contributed by atoms with Gasteiger partial charge in [0.05, 0.1) is 18.4 Å². The molecule has 6 nitrogen and oxygen atoms in total. The smallest absolute Gasteiger partial charge is 0.233 e. The molecular weight excluding hydrogens is 372 g/mol. The van der Waals surface area contributed by atoms with Crippen LogP contribution in [0.1, 0.15) is 32.1 Å². The van der Waals surface area contributed by atoms with Gasteiger partial charge in [0.25, 0.3) is 0 Å². The lowest BCUT2D eigenvalue weighted by atomic mass is 9.75. The third-order valence-corrected chi connectivity index (χ3v) is 7.16. The van der Waals surface area contributed by atoms with Gasteiger partial charge in [0.15, 0.2) is 11.0 Å². The maximum absolute atomic E-state index is 12.8. The molecule has 1 aliphatic carbocycles. The molecule has 1 saturated heterocycles. The van der Waals surface area contributed by atoms with Gasteiger partial charge >= 0.3 is 0 Å². The van der Waals surface area contributed by atoms with E-state index in [0.29, 0.717) is 11.7 Å². The van der Waals surface area contributed by atoms with Gasteiger partial charge in [-0.2, -0.15) is 0 Å². The summed E-state index contributed by atoms with van der Waals surface area (Å²) in [6.07, 6.45) is 6.50. The minimum absolute atomic E-state index is 0.218. The number of benzene rings is 1. The number of rotatable bonds is 5. The van der Waals surface area contributed by atoms with Crippen LogP contribution in [0.15, 0.2) is 29.4 Å². The highest BCUT2D eigenvalue weighted by atomic mass is 32.2. The van der Waals surface area contributed by atoms with Crippen molar-refractivity contribution in [3.05, 3.63) is 24.3 Å². The zero-order valence-corrected chi connectivity index (χ0v) is 17.5. The second kappa shape index (κ2) is 8.55. The topological polar surface area (TPSA) is 60.3 Å². The van der Waals surface area contributed by atoms with E-state index in [1.54, 1.807) is 7.11 Å². The summed E-state index contributed by atoms with van der Waals surface area (Å²) >= 11 is 1.46. The number of fused-ring (bicyclic) bond motifs is 1. The largest absolute Gasteiger partial charge is 0.496 e. The number of aromatic nitrogens is 3. The zero-order valence-electron chi connectivity index (χ0n) is 16.6. The third kappa shape index (κ3) is 3.90. The Hall–Kier alpha value is -2.02. The summed E-state index contributed by atoms with van der Waals surface area (Å²) in [7, 11) is 3.58. The number of hydrogen-bond acceptors (Lipinski definition) is 5. The minimum Gasteiger partial charge on any atom is -0.496 e. The van der Waals surface area contributed by atoms with Crippen LogP contribution in [-0.4, -0.2) is 51.5 Å². The number of nitrogens with zero attached hydrogens (tertiary/aromatic N) is 4. The molecule has 150 valence electrons. The first-order chi connectivity index (χ1) is 13.7. The number of hydrogen-bond donors (Lipinski definition) is 0. The summed E-state index contributed by atoms with van der Waals surface area (Å²) in [5.74, 6) is 3.69. The van der Waals surface area contributed by atoms with Gasteiger partial charge in [0.2, 0.25) is 5.91 Å². The molecule has 2 fully saturated rings. The van der Waals surface area contributed by atoms with E-state index >= 15 is 0 Å². The molecule has 2 aromatic rings. The molecule has 1 saturated carbocycles. The first kappa shape index (κ1) is 19.3. The fourth-order valence-corrected chi connectivity index (χ4v) is 5.36. The van der Waals surface area contributed by atoms with Crippen LogP contribution >= 0.6 is 11.8 Å². The Morgan fingerprint density at radius 2 is 1.96 bits per heavy atom. The monoisotopic (exact) mass is 400 g/mol. The fraction of sp³-hybridized carbons (Fsp3) is 0.571. The SMILES string of the molecule is COc1ccccc1-c1nnc(SCC(=O)N2CC[C@@H]3CCCC[C@@H]3C2)n1C. The highest BCUT2D eigenvalue weighted by Crippen LogP contribution is 2.36. The van der Waals surface area contributed by atoms with E-state index in [1.165, 1.54) is 43.9 Å². The molecule has 0 unspecified atom stereocenters. The van der Waals surface area contributed by atoms with Gasteiger partial charge in [-0.15, -0.1) is 10.2 Å². The van der Waals surface area contributed by atoms with E-state index in [9.17, 15) is 4.79 Å². The van der Waals surface area contributed by atoms with Crippen molar-refractivity contribution in [1.82, 2.24) is 19.7 Å². The molecule has 7 heteroatoms. The van der Waals surface area contributed by atoms with Crippen LogP contribution in [0.25, 0.3) is 11.4 Å². The van der Waals surface area contributed by atoms with E-state index in [1.807, 2.05) is 35.9 Å². The van der Waals surface area contributed by atoms with Crippen molar-refractivity contribution < 1.29 is 9.53 Å². The third-order valence-electron chi connectivity index (χ3n) is 6.15. The average Bonchev–Trinajstić information content (AvgIpc) is 3.11. The van der Waals surface area contributed by atoms with Crippen LogP contribution in [0.2, 0.25) is 0 Å². The predicted molar refractivity (Wildman–Crippen MR) is 110 cm³/mol. The van der Waals surface area contributed by atoms with Crippen molar-refractivity contribution in [3.8, 4) is 17.1 Å². The van der Waals surface area contributed by atoms with Crippen molar-refractivity contribution in [2.75, 3.05) is 26.0 Å². The number of ether oxygens (including phenoxy) is 1. The maximum Gasteiger partial charge on any atom is 0.233 e. The summed E-state index contributed by atoms with van der Waals surface area (Å²) < 4.78 is 7.37. The molecule has 1 amide bonds. The first-order valence-electron chi connectivity index (χ1n) is 10.1. The van der Waals surface area contributed by atoms with Crippen molar-refractivity contribution in [1.29, 1.82) is 0 Å². The van der Waals surface area contributed by atoms with Crippen LogP contribution in [0.5, 0.6) is 5.75 Å².